The van der Waals surface area contributed by atoms with Crippen LogP contribution in [0.2, 0.25) is 0 Å². The van der Waals surface area contributed by atoms with E-state index in [0.29, 0.717) is 30.3 Å². The van der Waals surface area contributed by atoms with E-state index in [-0.39, 0.29) is 16.9 Å². The van der Waals surface area contributed by atoms with Gasteiger partial charge in [-0.3, -0.25) is 9.10 Å². The third-order valence-electron chi connectivity index (χ3n) is 6.83. The van der Waals surface area contributed by atoms with E-state index in [0.717, 1.165) is 24.3 Å². The summed E-state index contributed by atoms with van der Waals surface area (Å²) in [5, 5.41) is 2.89. The molecule has 2 heterocycles. The first-order valence-electron chi connectivity index (χ1n) is 12.8. The Morgan fingerprint density at radius 1 is 0.947 bits per heavy atom. The molecule has 0 aliphatic carbocycles. The number of morpholine rings is 1. The number of nitrogens with one attached hydrogen (secondary N) is 1. The number of benzene rings is 3. The maximum atomic E-state index is 13.8. The fraction of sp³-hybridized carbons (Fsp3) is 0.345. The van der Waals surface area contributed by atoms with Gasteiger partial charge in [-0.25, -0.2) is 8.42 Å². The van der Waals surface area contributed by atoms with Crippen LogP contribution < -0.4 is 19.3 Å². The number of rotatable bonds is 5. The molecule has 8 nitrogen and oxygen atoms in total. The van der Waals surface area contributed by atoms with E-state index in [2.05, 4.69) is 31.0 Å². The molecule has 1 saturated heterocycles. The Bertz CT molecular complexity index is 1400. The van der Waals surface area contributed by atoms with Crippen LogP contribution in [0.4, 0.5) is 17.1 Å². The van der Waals surface area contributed by atoms with Crippen molar-refractivity contribution >= 4 is 33.0 Å². The fourth-order valence-corrected chi connectivity index (χ4v) is 6.09. The molecule has 0 bridgehead atoms. The summed E-state index contributed by atoms with van der Waals surface area (Å²) in [4.78, 5) is 15.7. The second-order valence-corrected chi connectivity index (χ2v) is 12.4. The molecule has 1 atom stereocenters. The van der Waals surface area contributed by atoms with E-state index in [4.69, 9.17) is 9.47 Å². The van der Waals surface area contributed by atoms with E-state index < -0.39 is 22.0 Å². The van der Waals surface area contributed by atoms with Gasteiger partial charge in [-0.05, 0) is 59.5 Å². The molecular formula is C29H33N3O5S. The average Bonchev–Trinajstić information content (AvgIpc) is 2.93. The Balaban J connectivity index is 1.41. The van der Waals surface area contributed by atoms with E-state index >= 15 is 0 Å². The first kappa shape index (κ1) is 26.1. The van der Waals surface area contributed by atoms with Gasteiger partial charge in [0.15, 0.2) is 6.10 Å². The first-order valence-corrected chi connectivity index (χ1v) is 14.2. The highest BCUT2D eigenvalue weighted by Crippen LogP contribution is 2.40. The molecule has 9 heteroatoms. The molecule has 0 radical (unpaired) electrons. The Labute approximate surface area is 224 Å². The quantitative estimate of drug-likeness (QED) is 0.521. The predicted octanol–water partition coefficient (Wildman–Crippen LogP) is 4.42. The fourth-order valence-electron chi connectivity index (χ4n) is 4.60. The molecule has 0 saturated carbocycles. The van der Waals surface area contributed by atoms with Gasteiger partial charge < -0.3 is 19.7 Å². The van der Waals surface area contributed by atoms with Crippen molar-refractivity contribution in [3.63, 3.8) is 0 Å². The molecule has 38 heavy (non-hydrogen) atoms. The second-order valence-electron chi connectivity index (χ2n) is 10.5. The molecular weight excluding hydrogens is 502 g/mol. The molecule has 2 aliphatic heterocycles. The van der Waals surface area contributed by atoms with Gasteiger partial charge >= 0.3 is 0 Å². The summed E-state index contributed by atoms with van der Waals surface area (Å²) >= 11 is 0. The van der Waals surface area contributed by atoms with E-state index in [1.54, 1.807) is 36.4 Å². The number of anilines is 3. The Hall–Kier alpha value is -3.56. The van der Waals surface area contributed by atoms with Crippen LogP contribution in [0.3, 0.4) is 0 Å². The Kier molecular flexibility index (Phi) is 7.07. The number of ether oxygens (including phenoxy) is 2. The number of amides is 1. The minimum Gasteiger partial charge on any atom is -0.476 e. The van der Waals surface area contributed by atoms with Gasteiger partial charge in [-0.15, -0.1) is 0 Å². The van der Waals surface area contributed by atoms with Gasteiger partial charge in [0.2, 0.25) is 0 Å². The Morgan fingerprint density at radius 2 is 1.63 bits per heavy atom. The monoisotopic (exact) mass is 535 g/mol. The van der Waals surface area contributed by atoms with Crippen molar-refractivity contribution in [1.29, 1.82) is 0 Å². The number of fused-ring (bicyclic) bond motifs is 1. The summed E-state index contributed by atoms with van der Waals surface area (Å²) in [6.45, 7) is 9.08. The van der Waals surface area contributed by atoms with Crippen molar-refractivity contribution in [2.45, 2.75) is 37.2 Å². The highest BCUT2D eigenvalue weighted by Gasteiger charge is 2.38. The van der Waals surface area contributed by atoms with Gasteiger partial charge in [0.05, 0.1) is 30.3 Å². The number of sulfonamides is 1. The molecule has 2 aliphatic rings. The van der Waals surface area contributed by atoms with Crippen molar-refractivity contribution in [1.82, 2.24) is 0 Å². The van der Waals surface area contributed by atoms with Crippen molar-refractivity contribution in [3.05, 3.63) is 78.4 Å². The molecule has 0 spiro atoms. The van der Waals surface area contributed by atoms with Crippen LogP contribution in [-0.2, 0) is 25.0 Å². The van der Waals surface area contributed by atoms with Gasteiger partial charge in [-0.2, -0.15) is 0 Å². The minimum absolute atomic E-state index is 0.143. The summed E-state index contributed by atoms with van der Waals surface area (Å²) in [5.41, 5.74) is 2.88. The summed E-state index contributed by atoms with van der Waals surface area (Å²) in [5.74, 6) is -0.0606. The molecule has 0 unspecified atom stereocenters. The summed E-state index contributed by atoms with van der Waals surface area (Å²) in [6, 6.07) is 21.4. The minimum atomic E-state index is -3.94. The predicted molar refractivity (Wildman–Crippen MR) is 149 cm³/mol. The van der Waals surface area contributed by atoms with Crippen molar-refractivity contribution in [2.24, 2.45) is 0 Å². The summed E-state index contributed by atoms with van der Waals surface area (Å²) < 4.78 is 40.3. The zero-order valence-electron chi connectivity index (χ0n) is 21.9. The zero-order valence-corrected chi connectivity index (χ0v) is 22.7. The first-order chi connectivity index (χ1) is 18.1. The molecule has 200 valence electrons. The van der Waals surface area contributed by atoms with E-state index in [1.807, 2.05) is 36.4 Å². The molecule has 1 amide bonds. The van der Waals surface area contributed by atoms with E-state index in [9.17, 15) is 13.2 Å². The summed E-state index contributed by atoms with van der Waals surface area (Å²) in [6.07, 6.45) is -1.03. The highest BCUT2D eigenvalue weighted by atomic mass is 32.2. The van der Waals surface area contributed by atoms with Gasteiger partial charge in [0.25, 0.3) is 15.9 Å². The van der Waals surface area contributed by atoms with Crippen molar-refractivity contribution in [3.8, 4) is 5.75 Å². The molecule has 5 rings (SSSR count). The van der Waals surface area contributed by atoms with Crippen molar-refractivity contribution in [2.75, 3.05) is 47.4 Å². The molecule has 3 aromatic carbocycles. The largest absolute Gasteiger partial charge is 0.476 e. The molecule has 0 aromatic heterocycles. The van der Waals surface area contributed by atoms with Gasteiger partial charge in [0.1, 0.15) is 5.75 Å². The lowest BCUT2D eigenvalue weighted by atomic mass is 9.86. The number of hydrogen-bond acceptors (Lipinski definition) is 6. The summed E-state index contributed by atoms with van der Waals surface area (Å²) in [7, 11) is -3.94. The normalized spacial score (nSPS) is 17.9. The number of hydrogen-bond donors (Lipinski definition) is 1. The molecule has 1 fully saturated rings. The topological polar surface area (TPSA) is 88.2 Å². The standard InChI is InChI=1S/C29H33N3O5S/c1-29(2,3)21-9-14-26-25(19-21)32(38(34,35)24-7-5-4-6-8-24)20-27(37-26)28(33)30-22-10-12-23(13-11-22)31-15-17-36-18-16-31/h4-14,19,27H,15-18,20H2,1-3H3,(H,30,33)/t27-/m0/s1. The molecule has 1 N–H and O–H groups in total. The van der Waals surface area contributed by atoms with Crippen LogP contribution in [0.1, 0.15) is 26.3 Å². The van der Waals surface area contributed by atoms with Crippen LogP contribution in [0.15, 0.2) is 77.7 Å². The van der Waals surface area contributed by atoms with Gasteiger partial charge in [-0.1, -0.05) is 45.0 Å². The maximum absolute atomic E-state index is 13.8. The van der Waals surface area contributed by atoms with Crippen LogP contribution in [0.25, 0.3) is 0 Å². The number of carbonyl (C=O) groups is 1. The molecule has 3 aromatic rings. The third-order valence-corrected chi connectivity index (χ3v) is 8.62. The highest BCUT2D eigenvalue weighted by molar-refractivity contribution is 7.92. The SMILES string of the molecule is CC(C)(C)c1ccc2c(c1)N(S(=O)(=O)c1ccccc1)C[C@@H](C(=O)Nc1ccc(N3CCOCC3)cc1)O2. The van der Waals surface area contributed by atoms with Crippen molar-refractivity contribution < 1.29 is 22.7 Å². The van der Waals surface area contributed by atoms with Crippen LogP contribution in [-0.4, -0.2) is 53.3 Å². The lowest BCUT2D eigenvalue weighted by Crippen LogP contribution is -2.49. The number of nitrogens with zero attached hydrogens (tertiary/aromatic N) is 2. The smallest absolute Gasteiger partial charge is 0.267 e. The van der Waals surface area contributed by atoms with Crippen LogP contribution in [0.5, 0.6) is 5.75 Å². The lowest BCUT2D eigenvalue weighted by molar-refractivity contribution is -0.122. The van der Waals surface area contributed by atoms with Crippen LogP contribution in [0, 0.1) is 0 Å². The maximum Gasteiger partial charge on any atom is 0.267 e. The lowest BCUT2D eigenvalue weighted by Gasteiger charge is -2.36. The average molecular weight is 536 g/mol. The van der Waals surface area contributed by atoms with Crippen LogP contribution >= 0.6 is 0 Å². The van der Waals surface area contributed by atoms with Gasteiger partial charge in [0, 0.05) is 24.5 Å². The Morgan fingerprint density at radius 3 is 2.29 bits per heavy atom. The third kappa shape index (κ3) is 5.35. The van der Waals surface area contributed by atoms with E-state index in [1.165, 1.54) is 4.31 Å². The second kappa shape index (κ2) is 10.3. The number of carbonyl (C=O) groups excluding carboxylic acids is 1. The zero-order chi connectivity index (χ0) is 26.9.